The molecule has 0 amide bonds. The normalized spacial score (nSPS) is 22.3. The largest absolute Gasteiger partial charge is 0.374 e. The maximum atomic E-state index is 5.79. The van der Waals surface area contributed by atoms with Crippen LogP contribution in [0.15, 0.2) is 30.3 Å². The summed E-state index contributed by atoms with van der Waals surface area (Å²) >= 11 is 0. The zero-order valence-electron chi connectivity index (χ0n) is 12.1. The minimum atomic E-state index is 0.337. The molecule has 1 heterocycles. The van der Waals surface area contributed by atoms with E-state index in [1.165, 1.54) is 5.56 Å². The van der Waals surface area contributed by atoms with Gasteiger partial charge < -0.3 is 15.0 Å². The lowest BCUT2D eigenvalue weighted by atomic mass is 10.0. The number of hydrogen-bond donors (Lipinski definition) is 1. The molecule has 0 aliphatic carbocycles. The van der Waals surface area contributed by atoms with Crippen molar-refractivity contribution in [1.29, 1.82) is 0 Å². The predicted octanol–water partition coefficient (Wildman–Crippen LogP) is 1.93. The van der Waals surface area contributed by atoms with Crippen molar-refractivity contribution in [2.45, 2.75) is 31.9 Å². The van der Waals surface area contributed by atoms with Crippen molar-refractivity contribution in [2.24, 2.45) is 0 Å². The maximum Gasteiger partial charge on any atom is 0.0826 e. The minimum Gasteiger partial charge on any atom is -0.374 e. The Morgan fingerprint density at radius 3 is 2.84 bits per heavy atom. The lowest BCUT2D eigenvalue weighted by Crippen LogP contribution is -2.47. The number of rotatable bonds is 6. The summed E-state index contributed by atoms with van der Waals surface area (Å²) in [7, 11) is 2.16. The van der Waals surface area contributed by atoms with Gasteiger partial charge in [0.25, 0.3) is 0 Å². The second-order valence-corrected chi connectivity index (χ2v) is 5.46. The topological polar surface area (TPSA) is 24.5 Å². The monoisotopic (exact) mass is 262 g/mol. The van der Waals surface area contributed by atoms with E-state index in [9.17, 15) is 0 Å². The van der Waals surface area contributed by atoms with E-state index in [4.69, 9.17) is 4.74 Å². The third-order valence-corrected chi connectivity index (χ3v) is 3.79. The summed E-state index contributed by atoms with van der Waals surface area (Å²) in [5.74, 6) is 0. The van der Waals surface area contributed by atoms with Crippen LogP contribution < -0.4 is 5.32 Å². The molecule has 1 saturated heterocycles. The van der Waals surface area contributed by atoms with E-state index in [0.29, 0.717) is 12.1 Å². The zero-order chi connectivity index (χ0) is 13.5. The van der Waals surface area contributed by atoms with E-state index >= 15 is 0 Å². The highest BCUT2D eigenvalue weighted by molar-refractivity contribution is 5.15. The smallest absolute Gasteiger partial charge is 0.0826 e. The van der Waals surface area contributed by atoms with E-state index in [1.807, 2.05) is 0 Å². The van der Waals surface area contributed by atoms with Gasteiger partial charge in [0.2, 0.25) is 0 Å². The third kappa shape index (κ3) is 4.94. The Hall–Kier alpha value is -0.900. The molecule has 19 heavy (non-hydrogen) atoms. The molecule has 1 aliphatic heterocycles. The first-order valence-electron chi connectivity index (χ1n) is 7.35. The van der Waals surface area contributed by atoms with Crippen molar-refractivity contribution in [1.82, 2.24) is 10.2 Å². The number of likely N-dealkylation sites (N-methyl/N-ethyl adjacent to an activating group) is 1. The first-order chi connectivity index (χ1) is 9.28. The lowest BCUT2D eigenvalue weighted by molar-refractivity contribution is -0.0193. The number of nitrogens with zero attached hydrogens (tertiary/aromatic N) is 1. The number of ether oxygens (including phenoxy) is 1. The van der Waals surface area contributed by atoms with Crippen LogP contribution in [0.3, 0.4) is 0 Å². The summed E-state index contributed by atoms with van der Waals surface area (Å²) in [6, 6.07) is 11.2. The summed E-state index contributed by atoms with van der Waals surface area (Å²) in [6.07, 6.45) is 2.58. The molecule has 2 unspecified atom stereocenters. The molecule has 0 spiro atoms. The zero-order valence-corrected chi connectivity index (χ0v) is 12.1. The standard InChI is InChI=1S/C16H26N2O/c1-3-15(11-14-7-5-4-6-8-14)17-12-16-13-18(2)9-10-19-16/h4-8,15-17H,3,9-13H2,1-2H3. The average Bonchev–Trinajstić information content (AvgIpc) is 2.44. The van der Waals surface area contributed by atoms with Crippen LogP contribution in [0.5, 0.6) is 0 Å². The summed E-state index contributed by atoms with van der Waals surface area (Å²) in [4.78, 5) is 2.34. The fourth-order valence-corrected chi connectivity index (χ4v) is 2.55. The van der Waals surface area contributed by atoms with Gasteiger partial charge in [-0.15, -0.1) is 0 Å². The maximum absolute atomic E-state index is 5.79. The molecule has 0 saturated carbocycles. The van der Waals surface area contributed by atoms with Crippen LogP contribution >= 0.6 is 0 Å². The highest BCUT2D eigenvalue weighted by Crippen LogP contribution is 2.07. The summed E-state index contributed by atoms with van der Waals surface area (Å²) < 4.78 is 5.79. The molecular weight excluding hydrogens is 236 g/mol. The highest BCUT2D eigenvalue weighted by Gasteiger charge is 2.18. The fraction of sp³-hybridized carbons (Fsp3) is 0.625. The van der Waals surface area contributed by atoms with Crippen LogP contribution in [0.4, 0.5) is 0 Å². The van der Waals surface area contributed by atoms with Crippen LogP contribution in [0.2, 0.25) is 0 Å². The molecule has 3 heteroatoms. The third-order valence-electron chi connectivity index (χ3n) is 3.79. The Morgan fingerprint density at radius 2 is 2.16 bits per heavy atom. The van der Waals surface area contributed by atoms with Crippen LogP contribution in [0.25, 0.3) is 0 Å². The Kier molecular flexibility index (Phi) is 5.83. The van der Waals surface area contributed by atoms with Crippen LogP contribution in [0.1, 0.15) is 18.9 Å². The molecule has 2 rings (SSSR count). The van der Waals surface area contributed by atoms with Gasteiger partial charge in [-0.1, -0.05) is 37.3 Å². The van der Waals surface area contributed by atoms with Gasteiger partial charge >= 0.3 is 0 Å². The second-order valence-electron chi connectivity index (χ2n) is 5.46. The average molecular weight is 262 g/mol. The number of hydrogen-bond acceptors (Lipinski definition) is 3. The fourth-order valence-electron chi connectivity index (χ4n) is 2.55. The number of morpholine rings is 1. The van der Waals surface area contributed by atoms with Crippen molar-refractivity contribution >= 4 is 0 Å². The number of nitrogens with one attached hydrogen (secondary N) is 1. The SMILES string of the molecule is CCC(Cc1ccccc1)NCC1CN(C)CCO1. The van der Waals surface area contributed by atoms with Crippen molar-refractivity contribution in [3.05, 3.63) is 35.9 Å². The first-order valence-corrected chi connectivity index (χ1v) is 7.35. The Balaban J connectivity index is 1.76. The van der Waals surface area contributed by atoms with Gasteiger partial charge in [0.15, 0.2) is 0 Å². The number of benzene rings is 1. The van der Waals surface area contributed by atoms with E-state index < -0.39 is 0 Å². The molecule has 0 aromatic heterocycles. The Bertz CT molecular complexity index is 355. The molecule has 2 atom stereocenters. The molecular formula is C16H26N2O. The van der Waals surface area contributed by atoms with Gasteiger partial charge in [0.1, 0.15) is 0 Å². The van der Waals surface area contributed by atoms with Crippen LogP contribution in [-0.2, 0) is 11.2 Å². The van der Waals surface area contributed by atoms with E-state index in [2.05, 4.69) is 54.5 Å². The molecule has 1 fully saturated rings. The molecule has 3 nitrogen and oxygen atoms in total. The van der Waals surface area contributed by atoms with Gasteiger partial charge in [0.05, 0.1) is 12.7 Å². The molecule has 1 aromatic rings. The summed E-state index contributed by atoms with van der Waals surface area (Å²) in [5, 5.41) is 3.66. The predicted molar refractivity (Wildman–Crippen MR) is 79.5 cm³/mol. The second kappa shape index (κ2) is 7.63. The quantitative estimate of drug-likeness (QED) is 0.848. The lowest BCUT2D eigenvalue weighted by Gasteiger charge is -2.31. The van der Waals surface area contributed by atoms with Crippen LogP contribution in [0, 0.1) is 0 Å². The molecule has 1 aromatic carbocycles. The molecule has 1 aliphatic rings. The van der Waals surface area contributed by atoms with Gasteiger partial charge in [0, 0.05) is 25.7 Å². The van der Waals surface area contributed by atoms with Crippen LogP contribution in [-0.4, -0.2) is 50.3 Å². The van der Waals surface area contributed by atoms with E-state index in [0.717, 1.165) is 39.1 Å². The van der Waals surface area contributed by atoms with E-state index in [-0.39, 0.29) is 0 Å². The molecule has 1 N–H and O–H groups in total. The summed E-state index contributed by atoms with van der Waals surface area (Å²) in [5.41, 5.74) is 1.41. The summed E-state index contributed by atoms with van der Waals surface area (Å²) in [6.45, 7) is 6.15. The first kappa shape index (κ1) is 14.5. The Labute approximate surface area is 116 Å². The van der Waals surface area contributed by atoms with Crippen molar-refractivity contribution < 1.29 is 4.74 Å². The molecule has 0 bridgehead atoms. The highest BCUT2D eigenvalue weighted by atomic mass is 16.5. The Morgan fingerprint density at radius 1 is 1.37 bits per heavy atom. The molecule has 106 valence electrons. The van der Waals surface area contributed by atoms with E-state index in [1.54, 1.807) is 0 Å². The van der Waals surface area contributed by atoms with Gasteiger partial charge in [-0.2, -0.15) is 0 Å². The van der Waals surface area contributed by atoms with Gasteiger partial charge in [-0.3, -0.25) is 0 Å². The van der Waals surface area contributed by atoms with Gasteiger partial charge in [-0.05, 0) is 25.5 Å². The van der Waals surface area contributed by atoms with Crippen molar-refractivity contribution in [3.63, 3.8) is 0 Å². The molecule has 0 radical (unpaired) electrons. The minimum absolute atomic E-state index is 0.337. The van der Waals surface area contributed by atoms with Gasteiger partial charge in [-0.25, -0.2) is 0 Å². The van der Waals surface area contributed by atoms with Crippen molar-refractivity contribution in [3.8, 4) is 0 Å². The van der Waals surface area contributed by atoms with Crippen molar-refractivity contribution in [2.75, 3.05) is 33.3 Å².